The smallest absolute Gasteiger partial charge is 0.0149 e. The van der Waals surface area contributed by atoms with Gasteiger partial charge in [-0.05, 0) is 72.2 Å². The van der Waals surface area contributed by atoms with E-state index < -0.39 is 0 Å². The second kappa shape index (κ2) is 21.1. The standard InChI is InChI=1S/C20H24.C4H11P.C3H8.CH4S.CH4/c1-2-16-8-7-11-17-9-3-5-12-19(17)20-13-6-4-10-18(20)15-14-16;1-4(2)3-5;1-3-2;1-2;/h3-6,9-10,12-13,16H,2,7-8,11,14-15H2,1H3;4H,3,5H2,1-2H3;3H2,1-2H3;2H,1H3;1H4. The van der Waals surface area contributed by atoms with E-state index in [0.717, 1.165) is 11.8 Å². The molecule has 0 N–H and O–H groups in total. The van der Waals surface area contributed by atoms with E-state index in [9.17, 15) is 0 Å². The van der Waals surface area contributed by atoms with Gasteiger partial charge >= 0.3 is 0 Å². The molecule has 0 saturated carbocycles. The zero-order valence-corrected chi connectivity index (χ0v) is 22.5. The van der Waals surface area contributed by atoms with Crippen molar-refractivity contribution in [2.24, 2.45) is 11.8 Å². The van der Waals surface area contributed by atoms with Gasteiger partial charge in [-0.3, -0.25) is 0 Å². The Morgan fingerprint density at radius 3 is 1.68 bits per heavy atom. The predicted molar refractivity (Wildman–Crippen MR) is 154 cm³/mol. The van der Waals surface area contributed by atoms with E-state index in [4.69, 9.17) is 0 Å². The number of hydrogen-bond acceptors (Lipinski definition) is 1. The molecule has 0 heterocycles. The summed E-state index contributed by atoms with van der Waals surface area (Å²) in [5.41, 5.74) is 5.97. The van der Waals surface area contributed by atoms with Gasteiger partial charge in [-0.1, -0.05) is 110 Å². The van der Waals surface area contributed by atoms with E-state index in [2.05, 4.69) is 105 Å². The minimum absolute atomic E-state index is 0. The minimum Gasteiger partial charge on any atom is -0.183 e. The monoisotopic (exact) mass is 462 g/mol. The van der Waals surface area contributed by atoms with E-state index in [1.807, 2.05) is 0 Å². The van der Waals surface area contributed by atoms with Gasteiger partial charge in [-0.25, -0.2) is 0 Å². The second-order valence-electron chi connectivity index (χ2n) is 8.36. The third kappa shape index (κ3) is 13.4. The Bertz CT molecular complexity index is 651. The lowest BCUT2D eigenvalue weighted by Gasteiger charge is -2.20. The van der Waals surface area contributed by atoms with Crippen LogP contribution in [-0.4, -0.2) is 12.4 Å². The van der Waals surface area contributed by atoms with E-state index in [1.165, 1.54) is 73.4 Å². The summed E-state index contributed by atoms with van der Waals surface area (Å²) in [6, 6.07) is 18.0. The molecular formula is C29H51PS. The van der Waals surface area contributed by atoms with Crippen molar-refractivity contribution >= 4 is 21.9 Å². The van der Waals surface area contributed by atoms with E-state index in [0.29, 0.717) is 0 Å². The van der Waals surface area contributed by atoms with Gasteiger partial charge in [0.2, 0.25) is 0 Å². The molecule has 178 valence electrons. The molecular weight excluding hydrogens is 411 g/mol. The van der Waals surface area contributed by atoms with Crippen molar-refractivity contribution < 1.29 is 0 Å². The molecule has 0 amide bonds. The average Bonchev–Trinajstić information content (AvgIpc) is 2.79. The van der Waals surface area contributed by atoms with Crippen LogP contribution in [0.15, 0.2) is 48.5 Å². The number of benzene rings is 2. The first-order valence-electron chi connectivity index (χ1n) is 11.9. The number of fused-ring (bicyclic) bond motifs is 3. The van der Waals surface area contributed by atoms with Crippen LogP contribution < -0.4 is 0 Å². The predicted octanol–water partition coefficient (Wildman–Crippen LogP) is 9.76. The number of hydrogen-bond donors (Lipinski definition) is 1. The van der Waals surface area contributed by atoms with Gasteiger partial charge < -0.3 is 0 Å². The van der Waals surface area contributed by atoms with Crippen molar-refractivity contribution in [2.75, 3.05) is 12.4 Å². The molecule has 1 aliphatic carbocycles. The summed E-state index contributed by atoms with van der Waals surface area (Å²) in [5.74, 6) is 1.74. The third-order valence-corrected chi connectivity index (χ3v) is 6.20. The van der Waals surface area contributed by atoms with Crippen LogP contribution >= 0.6 is 21.9 Å². The Hall–Kier alpha value is -0.780. The van der Waals surface area contributed by atoms with Crippen LogP contribution in [-0.2, 0) is 12.8 Å². The molecule has 0 spiro atoms. The Morgan fingerprint density at radius 2 is 1.26 bits per heavy atom. The summed E-state index contributed by atoms with van der Waals surface area (Å²) in [4.78, 5) is 0. The van der Waals surface area contributed by atoms with E-state index >= 15 is 0 Å². The first kappa shape index (κ1) is 32.4. The number of rotatable bonds is 2. The topological polar surface area (TPSA) is 0 Å². The number of aryl methyl sites for hydroxylation is 2. The lowest BCUT2D eigenvalue weighted by atomic mass is 9.85. The molecule has 2 heteroatoms. The highest BCUT2D eigenvalue weighted by atomic mass is 32.1. The van der Waals surface area contributed by atoms with Gasteiger partial charge in [-0.15, -0.1) is 9.24 Å². The van der Waals surface area contributed by atoms with Crippen LogP contribution in [0, 0.1) is 11.8 Å². The molecule has 0 aliphatic heterocycles. The summed E-state index contributed by atoms with van der Waals surface area (Å²) in [5, 5.41) is 0. The molecule has 0 radical (unpaired) electrons. The van der Waals surface area contributed by atoms with Crippen molar-refractivity contribution in [3.8, 4) is 11.1 Å². The van der Waals surface area contributed by atoms with Gasteiger partial charge in [-0.2, -0.15) is 12.6 Å². The molecule has 1 aliphatic rings. The normalized spacial score (nSPS) is 14.5. The van der Waals surface area contributed by atoms with Gasteiger partial charge in [0, 0.05) is 0 Å². The zero-order chi connectivity index (χ0) is 22.8. The summed E-state index contributed by atoms with van der Waals surface area (Å²) in [6.45, 7) is 11.0. The third-order valence-electron chi connectivity index (χ3n) is 5.25. The molecule has 0 nitrogen and oxygen atoms in total. The fraction of sp³-hybridized carbons (Fsp3) is 0.586. The molecule has 2 atom stereocenters. The SMILES string of the molecule is C.CC(C)CP.CCC.CCC1CCCc2ccccc2-c2ccccc2CC1.CS. The van der Waals surface area contributed by atoms with Crippen LogP contribution in [0.4, 0.5) is 0 Å². The van der Waals surface area contributed by atoms with Crippen molar-refractivity contribution in [3.63, 3.8) is 0 Å². The van der Waals surface area contributed by atoms with E-state index in [-0.39, 0.29) is 7.43 Å². The van der Waals surface area contributed by atoms with Crippen LogP contribution in [0.25, 0.3) is 11.1 Å². The van der Waals surface area contributed by atoms with Crippen LogP contribution in [0.3, 0.4) is 0 Å². The van der Waals surface area contributed by atoms with Crippen LogP contribution in [0.5, 0.6) is 0 Å². The summed E-state index contributed by atoms with van der Waals surface area (Å²) < 4.78 is 0. The fourth-order valence-electron chi connectivity index (χ4n) is 3.50. The summed E-state index contributed by atoms with van der Waals surface area (Å²) in [7, 11) is 2.69. The maximum absolute atomic E-state index is 3.53. The molecule has 2 aromatic carbocycles. The second-order valence-corrected chi connectivity index (χ2v) is 8.83. The van der Waals surface area contributed by atoms with Crippen molar-refractivity contribution in [3.05, 3.63) is 59.7 Å². The quantitative estimate of drug-likeness (QED) is 0.333. The lowest BCUT2D eigenvalue weighted by Crippen LogP contribution is -2.05. The maximum atomic E-state index is 3.53. The number of thiol groups is 1. The van der Waals surface area contributed by atoms with E-state index in [1.54, 1.807) is 6.26 Å². The first-order valence-corrected chi connectivity index (χ1v) is 13.6. The molecule has 3 rings (SSSR count). The average molecular weight is 463 g/mol. The Labute approximate surface area is 203 Å². The maximum Gasteiger partial charge on any atom is -0.0149 e. The first-order chi connectivity index (χ1) is 14.6. The zero-order valence-electron chi connectivity index (χ0n) is 20.5. The fourth-order valence-corrected chi connectivity index (χ4v) is 3.50. The molecule has 2 unspecified atom stereocenters. The molecule has 0 aromatic heterocycles. The van der Waals surface area contributed by atoms with Gasteiger partial charge in [0.25, 0.3) is 0 Å². The summed E-state index contributed by atoms with van der Waals surface area (Å²) in [6.07, 6.45) is 12.0. The molecule has 0 fully saturated rings. The van der Waals surface area contributed by atoms with Crippen molar-refractivity contribution in [1.29, 1.82) is 0 Å². The Morgan fingerprint density at radius 1 is 0.839 bits per heavy atom. The van der Waals surface area contributed by atoms with Crippen LogP contribution in [0.2, 0.25) is 0 Å². The minimum atomic E-state index is 0. The van der Waals surface area contributed by atoms with Gasteiger partial charge in [0.1, 0.15) is 0 Å². The molecule has 31 heavy (non-hydrogen) atoms. The Balaban J connectivity index is 0. The molecule has 0 saturated heterocycles. The highest BCUT2D eigenvalue weighted by molar-refractivity contribution is 7.79. The highest BCUT2D eigenvalue weighted by Gasteiger charge is 2.14. The van der Waals surface area contributed by atoms with Crippen LogP contribution in [0.1, 0.15) is 85.3 Å². The molecule has 0 bridgehead atoms. The molecule has 2 aromatic rings. The van der Waals surface area contributed by atoms with Gasteiger partial charge in [0.05, 0.1) is 0 Å². The van der Waals surface area contributed by atoms with Crippen molar-refractivity contribution in [1.82, 2.24) is 0 Å². The largest absolute Gasteiger partial charge is 0.183 e. The van der Waals surface area contributed by atoms with Crippen molar-refractivity contribution in [2.45, 2.75) is 87.0 Å². The highest BCUT2D eigenvalue weighted by Crippen LogP contribution is 2.32. The van der Waals surface area contributed by atoms with Gasteiger partial charge in [0.15, 0.2) is 0 Å². The lowest BCUT2D eigenvalue weighted by molar-refractivity contribution is 0.423. The summed E-state index contributed by atoms with van der Waals surface area (Å²) >= 11 is 3.53. The Kier molecular flexibility index (Phi) is 22.0.